The van der Waals surface area contributed by atoms with Crippen LogP contribution in [0.25, 0.3) is 0 Å². The van der Waals surface area contributed by atoms with E-state index in [1.807, 2.05) is 61.5 Å². The number of amides is 1. The zero-order valence-electron chi connectivity index (χ0n) is 15.0. The molecule has 1 amide bonds. The maximum Gasteiger partial charge on any atom is 0.223 e. The molecule has 2 aromatic rings. The first-order valence-corrected chi connectivity index (χ1v) is 8.83. The summed E-state index contributed by atoms with van der Waals surface area (Å²) in [7, 11) is 4.06. The molecule has 0 spiro atoms. The quantitative estimate of drug-likeness (QED) is 0.840. The van der Waals surface area contributed by atoms with Crippen molar-refractivity contribution in [2.75, 3.05) is 27.2 Å². The van der Waals surface area contributed by atoms with E-state index in [0.29, 0.717) is 19.5 Å². The fourth-order valence-corrected chi connectivity index (χ4v) is 3.23. The molecule has 0 aromatic heterocycles. The molecule has 0 radical (unpaired) electrons. The minimum atomic E-state index is -0.0145. The van der Waals surface area contributed by atoms with E-state index in [-0.39, 0.29) is 12.0 Å². The van der Waals surface area contributed by atoms with Crippen LogP contribution in [0.4, 0.5) is 0 Å². The Balaban J connectivity index is 1.71. The maximum atomic E-state index is 12.8. The minimum Gasteiger partial charge on any atom is -0.487 e. The molecule has 1 aliphatic heterocycles. The summed E-state index contributed by atoms with van der Waals surface area (Å²) in [5.74, 6) is 1.08. The van der Waals surface area contributed by atoms with Crippen molar-refractivity contribution in [3.8, 4) is 5.75 Å². The lowest BCUT2D eigenvalue weighted by atomic mass is 10.1. The third-order valence-corrected chi connectivity index (χ3v) is 4.44. The van der Waals surface area contributed by atoms with Gasteiger partial charge in [-0.25, -0.2) is 0 Å². The highest BCUT2D eigenvalue weighted by molar-refractivity contribution is 5.76. The Labute approximate surface area is 150 Å². The van der Waals surface area contributed by atoms with Gasteiger partial charge in [-0.3, -0.25) is 4.79 Å². The molecule has 0 saturated heterocycles. The molecule has 0 fully saturated rings. The predicted octanol–water partition coefficient (Wildman–Crippen LogP) is 2.97. The number of hydrogen-bond donors (Lipinski definition) is 0. The van der Waals surface area contributed by atoms with Gasteiger partial charge in [-0.2, -0.15) is 0 Å². The Hall–Kier alpha value is -2.33. The molecule has 0 saturated carbocycles. The molecule has 4 heteroatoms. The van der Waals surface area contributed by atoms with Gasteiger partial charge < -0.3 is 14.5 Å². The smallest absolute Gasteiger partial charge is 0.223 e. The standard InChI is InChI=1S/C21H26N2O2/c1-22(2)15-19-16-23(14-18-10-6-7-11-20(18)25-19)21(24)13-12-17-8-4-3-5-9-17/h3-11,19H,12-16H2,1-2H3. The summed E-state index contributed by atoms with van der Waals surface area (Å²) in [6.07, 6.45) is 1.29. The van der Waals surface area contributed by atoms with Gasteiger partial charge in [0.2, 0.25) is 5.91 Å². The lowest BCUT2D eigenvalue weighted by Crippen LogP contribution is -2.42. The third kappa shape index (κ3) is 4.83. The van der Waals surface area contributed by atoms with E-state index < -0.39 is 0 Å². The summed E-state index contributed by atoms with van der Waals surface area (Å²) < 4.78 is 6.18. The van der Waals surface area contributed by atoms with Crippen molar-refractivity contribution in [1.29, 1.82) is 0 Å². The van der Waals surface area contributed by atoms with Gasteiger partial charge in [-0.1, -0.05) is 48.5 Å². The molecule has 4 nitrogen and oxygen atoms in total. The van der Waals surface area contributed by atoms with Crippen molar-refractivity contribution in [2.24, 2.45) is 0 Å². The van der Waals surface area contributed by atoms with E-state index in [1.165, 1.54) is 5.56 Å². The summed E-state index contributed by atoms with van der Waals surface area (Å²) >= 11 is 0. The van der Waals surface area contributed by atoms with Gasteiger partial charge in [-0.05, 0) is 32.1 Å². The second kappa shape index (κ2) is 8.17. The number of likely N-dealkylation sites (N-methyl/N-ethyl adjacent to an activating group) is 1. The number of rotatable bonds is 5. The number of carbonyl (C=O) groups excluding carboxylic acids is 1. The van der Waals surface area contributed by atoms with Crippen LogP contribution in [0.3, 0.4) is 0 Å². The van der Waals surface area contributed by atoms with Crippen LogP contribution < -0.4 is 4.74 Å². The summed E-state index contributed by atoms with van der Waals surface area (Å²) in [6.45, 7) is 2.03. The second-order valence-corrected chi connectivity index (χ2v) is 6.87. The Morgan fingerprint density at radius 1 is 1.12 bits per heavy atom. The molecule has 3 rings (SSSR count). The number of para-hydroxylation sites is 1. The highest BCUT2D eigenvalue weighted by Gasteiger charge is 2.26. The number of fused-ring (bicyclic) bond motifs is 1. The second-order valence-electron chi connectivity index (χ2n) is 6.87. The average Bonchev–Trinajstić information content (AvgIpc) is 2.79. The molecule has 1 aliphatic rings. The van der Waals surface area contributed by atoms with E-state index in [2.05, 4.69) is 17.0 Å². The minimum absolute atomic E-state index is 0.0145. The number of nitrogens with zero attached hydrogens (tertiary/aromatic N) is 2. The van der Waals surface area contributed by atoms with E-state index in [1.54, 1.807) is 0 Å². The normalized spacial score (nSPS) is 16.9. The Morgan fingerprint density at radius 2 is 1.84 bits per heavy atom. The molecule has 132 valence electrons. The lowest BCUT2D eigenvalue weighted by Gasteiger charge is -2.26. The molecule has 1 unspecified atom stereocenters. The van der Waals surface area contributed by atoms with Gasteiger partial charge in [0.1, 0.15) is 11.9 Å². The Bertz CT molecular complexity index is 700. The molecule has 2 aromatic carbocycles. The molecular formula is C21H26N2O2. The zero-order chi connectivity index (χ0) is 17.6. The average molecular weight is 338 g/mol. The zero-order valence-corrected chi connectivity index (χ0v) is 15.0. The number of hydrogen-bond acceptors (Lipinski definition) is 3. The monoisotopic (exact) mass is 338 g/mol. The van der Waals surface area contributed by atoms with Gasteiger partial charge >= 0.3 is 0 Å². The van der Waals surface area contributed by atoms with Gasteiger partial charge in [0.25, 0.3) is 0 Å². The van der Waals surface area contributed by atoms with Crippen LogP contribution in [-0.2, 0) is 17.8 Å². The first-order chi connectivity index (χ1) is 12.1. The van der Waals surface area contributed by atoms with E-state index in [0.717, 1.165) is 24.3 Å². The van der Waals surface area contributed by atoms with Crippen molar-refractivity contribution in [2.45, 2.75) is 25.5 Å². The number of aryl methyl sites for hydroxylation is 1. The Kier molecular flexibility index (Phi) is 5.71. The fraction of sp³-hybridized carbons (Fsp3) is 0.381. The molecule has 25 heavy (non-hydrogen) atoms. The van der Waals surface area contributed by atoms with E-state index in [9.17, 15) is 4.79 Å². The van der Waals surface area contributed by atoms with Crippen LogP contribution in [0.1, 0.15) is 17.5 Å². The molecule has 0 aliphatic carbocycles. The predicted molar refractivity (Wildman–Crippen MR) is 99.6 cm³/mol. The van der Waals surface area contributed by atoms with Crippen molar-refractivity contribution < 1.29 is 9.53 Å². The van der Waals surface area contributed by atoms with E-state index in [4.69, 9.17) is 4.74 Å². The SMILES string of the molecule is CN(C)CC1CN(C(=O)CCc2ccccc2)Cc2ccccc2O1. The molecule has 0 N–H and O–H groups in total. The molecular weight excluding hydrogens is 312 g/mol. The summed E-state index contributed by atoms with van der Waals surface area (Å²) in [5.41, 5.74) is 2.28. The molecule has 1 heterocycles. The summed E-state index contributed by atoms with van der Waals surface area (Å²) in [6, 6.07) is 18.2. The molecule has 1 atom stereocenters. The highest BCUT2D eigenvalue weighted by atomic mass is 16.5. The third-order valence-electron chi connectivity index (χ3n) is 4.44. The topological polar surface area (TPSA) is 32.8 Å². The number of carbonyl (C=O) groups is 1. The highest BCUT2D eigenvalue weighted by Crippen LogP contribution is 2.25. The summed E-state index contributed by atoms with van der Waals surface area (Å²) in [5, 5.41) is 0. The van der Waals surface area contributed by atoms with Crippen LogP contribution in [0.5, 0.6) is 5.75 Å². The van der Waals surface area contributed by atoms with Gasteiger partial charge in [-0.15, -0.1) is 0 Å². The van der Waals surface area contributed by atoms with Crippen LogP contribution in [0.15, 0.2) is 54.6 Å². The largest absolute Gasteiger partial charge is 0.487 e. The van der Waals surface area contributed by atoms with Crippen molar-refractivity contribution in [3.63, 3.8) is 0 Å². The van der Waals surface area contributed by atoms with Crippen molar-refractivity contribution >= 4 is 5.91 Å². The van der Waals surface area contributed by atoms with Gasteiger partial charge in [0.15, 0.2) is 0 Å². The Morgan fingerprint density at radius 3 is 2.60 bits per heavy atom. The summed E-state index contributed by atoms with van der Waals surface area (Å²) in [4.78, 5) is 16.9. The van der Waals surface area contributed by atoms with Crippen molar-refractivity contribution in [1.82, 2.24) is 9.80 Å². The van der Waals surface area contributed by atoms with Crippen LogP contribution in [0.2, 0.25) is 0 Å². The van der Waals surface area contributed by atoms with Crippen molar-refractivity contribution in [3.05, 3.63) is 65.7 Å². The van der Waals surface area contributed by atoms with Crippen LogP contribution in [-0.4, -0.2) is 49.0 Å². The van der Waals surface area contributed by atoms with Crippen LogP contribution in [0, 0.1) is 0 Å². The fourth-order valence-electron chi connectivity index (χ4n) is 3.23. The number of benzene rings is 2. The molecule has 0 bridgehead atoms. The lowest BCUT2D eigenvalue weighted by molar-refractivity contribution is -0.132. The number of ether oxygens (including phenoxy) is 1. The van der Waals surface area contributed by atoms with E-state index >= 15 is 0 Å². The first kappa shape index (κ1) is 17.5. The maximum absolute atomic E-state index is 12.8. The first-order valence-electron chi connectivity index (χ1n) is 8.83. The van der Waals surface area contributed by atoms with Gasteiger partial charge in [0.05, 0.1) is 6.54 Å². The van der Waals surface area contributed by atoms with Crippen LogP contribution >= 0.6 is 0 Å². The van der Waals surface area contributed by atoms with Gasteiger partial charge in [0, 0.05) is 25.1 Å².